The molecule has 0 radical (unpaired) electrons. The van der Waals surface area contributed by atoms with Crippen molar-refractivity contribution in [3.8, 4) is 0 Å². The first kappa shape index (κ1) is 14.1. The molecular formula is C13H16BrNO4. The normalized spacial score (nSPS) is 19.3. The van der Waals surface area contributed by atoms with E-state index in [1.165, 1.54) is 6.26 Å². The van der Waals surface area contributed by atoms with Crippen LogP contribution in [0.5, 0.6) is 0 Å². The van der Waals surface area contributed by atoms with E-state index in [0.717, 1.165) is 12.8 Å². The molecule has 1 aromatic rings. The van der Waals surface area contributed by atoms with Crippen molar-refractivity contribution < 1.29 is 18.7 Å². The highest BCUT2D eigenvalue weighted by molar-refractivity contribution is 9.10. The van der Waals surface area contributed by atoms with Crippen LogP contribution in [0.25, 0.3) is 0 Å². The summed E-state index contributed by atoms with van der Waals surface area (Å²) in [6.07, 6.45) is 3.01. The minimum atomic E-state index is -0.215. The van der Waals surface area contributed by atoms with Gasteiger partial charge in [0, 0.05) is 19.2 Å². The summed E-state index contributed by atoms with van der Waals surface area (Å²) in [5.41, 5.74) is 0.497. The summed E-state index contributed by atoms with van der Waals surface area (Å²) in [5.74, 6) is -0.537. The Balaban J connectivity index is 2.01. The van der Waals surface area contributed by atoms with Crippen LogP contribution in [-0.2, 0) is 9.53 Å². The smallest absolute Gasteiger partial charge is 0.310 e. The zero-order valence-corrected chi connectivity index (χ0v) is 12.3. The number of nitrogens with zero attached hydrogens (tertiary/aromatic N) is 1. The third-order valence-electron chi connectivity index (χ3n) is 3.14. The fraction of sp³-hybridized carbons (Fsp3) is 0.538. The van der Waals surface area contributed by atoms with Crippen LogP contribution in [0.4, 0.5) is 0 Å². The number of hydrogen-bond donors (Lipinski definition) is 0. The topological polar surface area (TPSA) is 59.8 Å². The lowest BCUT2D eigenvalue weighted by Crippen LogP contribution is -2.42. The Hall–Kier alpha value is -1.30. The maximum Gasteiger partial charge on any atom is 0.310 e. The van der Waals surface area contributed by atoms with Gasteiger partial charge in [-0.15, -0.1) is 0 Å². The lowest BCUT2D eigenvalue weighted by molar-refractivity contribution is -0.149. The summed E-state index contributed by atoms with van der Waals surface area (Å²) in [4.78, 5) is 25.6. The number of piperidine rings is 1. The number of furan rings is 1. The van der Waals surface area contributed by atoms with Gasteiger partial charge in [0.05, 0.1) is 18.1 Å². The van der Waals surface area contributed by atoms with Crippen LogP contribution < -0.4 is 0 Å². The molecule has 2 heterocycles. The molecule has 0 unspecified atom stereocenters. The highest BCUT2D eigenvalue weighted by atomic mass is 79.9. The fourth-order valence-corrected chi connectivity index (χ4v) is 2.56. The average molecular weight is 330 g/mol. The van der Waals surface area contributed by atoms with Gasteiger partial charge in [0.1, 0.15) is 6.26 Å². The largest absolute Gasteiger partial charge is 0.466 e. The molecule has 0 N–H and O–H groups in total. The monoisotopic (exact) mass is 329 g/mol. The molecule has 0 aliphatic carbocycles. The van der Waals surface area contributed by atoms with E-state index in [-0.39, 0.29) is 17.8 Å². The molecule has 1 aromatic heterocycles. The zero-order valence-electron chi connectivity index (χ0n) is 10.7. The van der Waals surface area contributed by atoms with Gasteiger partial charge in [0.15, 0.2) is 4.67 Å². The lowest BCUT2D eigenvalue weighted by atomic mass is 9.98. The Labute approximate surface area is 120 Å². The minimum absolute atomic E-state index is 0.108. The van der Waals surface area contributed by atoms with Crippen LogP contribution in [0.15, 0.2) is 21.4 Å². The van der Waals surface area contributed by atoms with E-state index in [0.29, 0.717) is 29.9 Å². The van der Waals surface area contributed by atoms with Crippen LogP contribution in [0.2, 0.25) is 0 Å². The number of esters is 1. The number of carbonyl (C=O) groups excluding carboxylic acids is 2. The van der Waals surface area contributed by atoms with Gasteiger partial charge in [0.2, 0.25) is 0 Å². The number of amides is 1. The minimum Gasteiger partial charge on any atom is -0.466 e. The molecule has 5 nitrogen and oxygen atoms in total. The molecule has 1 amide bonds. The third-order valence-corrected chi connectivity index (χ3v) is 3.56. The van der Waals surface area contributed by atoms with E-state index in [1.807, 2.05) is 0 Å². The summed E-state index contributed by atoms with van der Waals surface area (Å²) < 4.78 is 10.6. The summed E-state index contributed by atoms with van der Waals surface area (Å²) >= 11 is 3.17. The second kappa shape index (κ2) is 6.23. The van der Waals surface area contributed by atoms with Crippen LogP contribution in [0.3, 0.4) is 0 Å². The third kappa shape index (κ3) is 3.37. The van der Waals surface area contributed by atoms with Crippen molar-refractivity contribution in [1.82, 2.24) is 4.90 Å². The van der Waals surface area contributed by atoms with Gasteiger partial charge >= 0.3 is 5.97 Å². The molecule has 1 fully saturated rings. The quantitative estimate of drug-likeness (QED) is 0.799. The molecular weight excluding hydrogens is 314 g/mol. The maximum atomic E-state index is 12.2. The van der Waals surface area contributed by atoms with E-state index >= 15 is 0 Å². The molecule has 0 saturated carbocycles. The molecule has 1 atom stereocenters. The molecule has 0 aromatic carbocycles. The van der Waals surface area contributed by atoms with Crippen LogP contribution in [-0.4, -0.2) is 36.5 Å². The van der Waals surface area contributed by atoms with Crippen molar-refractivity contribution in [1.29, 1.82) is 0 Å². The second-order valence-electron chi connectivity index (χ2n) is 4.48. The van der Waals surface area contributed by atoms with Gasteiger partial charge in [-0.2, -0.15) is 0 Å². The summed E-state index contributed by atoms with van der Waals surface area (Å²) in [6.45, 7) is 3.24. The number of ether oxygens (including phenoxy) is 1. The van der Waals surface area contributed by atoms with Crippen molar-refractivity contribution in [3.63, 3.8) is 0 Å². The van der Waals surface area contributed by atoms with Crippen molar-refractivity contribution >= 4 is 27.8 Å². The molecule has 19 heavy (non-hydrogen) atoms. The maximum absolute atomic E-state index is 12.2. The lowest BCUT2D eigenvalue weighted by Gasteiger charge is -2.31. The average Bonchev–Trinajstić information content (AvgIpc) is 2.85. The second-order valence-corrected chi connectivity index (χ2v) is 5.26. The molecule has 0 bridgehead atoms. The van der Waals surface area contributed by atoms with Crippen molar-refractivity contribution in [2.45, 2.75) is 19.8 Å². The fourth-order valence-electron chi connectivity index (χ4n) is 2.22. The van der Waals surface area contributed by atoms with Gasteiger partial charge in [-0.3, -0.25) is 9.59 Å². The van der Waals surface area contributed by atoms with Gasteiger partial charge < -0.3 is 14.1 Å². The molecule has 2 rings (SSSR count). The SMILES string of the molecule is CCOC(=O)[C@H]1CCCN(C(=O)c2coc(Br)c2)C1. The molecule has 104 valence electrons. The van der Waals surface area contributed by atoms with E-state index < -0.39 is 0 Å². The van der Waals surface area contributed by atoms with E-state index in [2.05, 4.69) is 15.9 Å². The van der Waals surface area contributed by atoms with Crippen molar-refractivity contribution in [2.24, 2.45) is 5.92 Å². The number of likely N-dealkylation sites (tertiary alicyclic amines) is 1. The Morgan fingerprint density at radius 3 is 3.00 bits per heavy atom. The first-order valence-corrected chi connectivity index (χ1v) is 7.11. The van der Waals surface area contributed by atoms with Crippen LogP contribution >= 0.6 is 15.9 Å². The number of hydrogen-bond acceptors (Lipinski definition) is 4. The van der Waals surface area contributed by atoms with E-state index in [1.54, 1.807) is 17.9 Å². The predicted octanol–water partition coefficient (Wildman–Crippen LogP) is 2.46. The van der Waals surface area contributed by atoms with E-state index in [9.17, 15) is 9.59 Å². The Bertz CT molecular complexity index is 471. The van der Waals surface area contributed by atoms with Crippen molar-refractivity contribution in [2.75, 3.05) is 19.7 Å². The summed E-state index contributed by atoms with van der Waals surface area (Å²) in [7, 11) is 0. The summed E-state index contributed by atoms with van der Waals surface area (Å²) in [6, 6.07) is 1.64. The Morgan fingerprint density at radius 1 is 1.58 bits per heavy atom. The molecule has 1 saturated heterocycles. The summed E-state index contributed by atoms with van der Waals surface area (Å²) in [5, 5.41) is 0. The van der Waals surface area contributed by atoms with Crippen LogP contribution in [0, 0.1) is 5.92 Å². The highest BCUT2D eigenvalue weighted by Gasteiger charge is 2.30. The zero-order chi connectivity index (χ0) is 13.8. The number of halogens is 1. The first-order valence-electron chi connectivity index (χ1n) is 6.31. The van der Waals surface area contributed by atoms with Gasteiger partial charge in [-0.25, -0.2) is 0 Å². The first-order chi connectivity index (χ1) is 9.11. The van der Waals surface area contributed by atoms with Gasteiger partial charge in [0.25, 0.3) is 5.91 Å². The molecule has 1 aliphatic heterocycles. The standard InChI is InChI=1S/C13H16BrNO4/c1-2-18-13(17)9-4-3-5-15(7-9)12(16)10-6-11(14)19-8-10/h6,8-9H,2-5,7H2,1H3/t9-/m0/s1. The van der Waals surface area contributed by atoms with Gasteiger partial charge in [-0.1, -0.05) is 0 Å². The number of rotatable bonds is 3. The van der Waals surface area contributed by atoms with E-state index in [4.69, 9.17) is 9.15 Å². The molecule has 0 spiro atoms. The Morgan fingerprint density at radius 2 is 2.37 bits per heavy atom. The van der Waals surface area contributed by atoms with Crippen LogP contribution in [0.1, 0.15) is 30.1 Å². The molecule has 1 aliphatic rings. The van der Waals surface area contributed by atoms with Gasteiger partial charge in [-0.05, 0) is 35.7 Å². The molecule has 6 heteroatoms. The van der Waals surface area contributed by atoms with Crippen molar-refractivity contribution in [3.05, 3.63) is 22.6 Å². The predicted molar refractivity (Wildman–Crippen MR) is 71.7 cm³/mol. The Kier molecular flexibility index (Phi) is 4.63. The number of carbonyl (C=O) groups is 2. The highest BCUT2D eigenvalue weighted by Crippen LogP contribution is 2.21.